The van der Waals surface area contributed by atoms with E-state index in [1.165, 1.54) is 0 Å². The minimum absolute atomic E-state index is 0.0335. The van der Waals surface area contributed by atoms with Gasteiger partial charge in [0.25, 0.3) is 0 Å². The number of hydrogen-bond acceptors (Lipinski definition) is 5. The molecule has 5 nitrogen and oxygen atoms in total. The summed E-state index contributed by atoms with van der Waals surface area (Å²) >= 11 is 0. The molecule has 0 spiro atoms. The highest BCUT2D eigenvalue weighted by Crippen LogP contribution is 2.36. The summed E-state index contributed by atoms with van der Waals surface area (Å²) in [6.45, 7) is 14.5. The molecule has 0 bridgehead atoms. The van der Waals surface area contributed by atoms with Crippen LogP contribution in [0.1, 0.15) is 67.7 Å². The smallest absolute Gasteiger partial charge is 0.319 e. The van der Waals surface area contributed by atoms with Gasteiger partial charge in [0.2, 0.25) is 5.60 Å². The van der Waals surface area contributed by atoms with E-state index >= 15 is 0 Å². The third kappa shape index (κ3) is 7.74. The first-order chi connectivity index (χ1) is 11.3. The third-order valence-corrected chi connectivity index (χ3v) is 3.33. The Hall–Kier alpha value is -0.270. The van der Waals surface area contributed by atoms with Crippen LogP contribution in [0, 0.1) is 5.92 Å². The number of ether oxygens (including phenoxy) is 4. The molecule has 0 saturated heterocycles. The molecule has 0 aliphatic rings. The van der Waals surface area contributed by atoms with E-state index in [-0.39, 0.29) is 18.6 Å². The Morgan fingerprint density at radius 1 is 0.958 bits per heavy atom. The number of hydrogen-bond donors (Lipinski definition) is 0. The van der Waals surface area contributed by atoms with Crippen LogP contribution in [-0.2, 0) is 23.9 Å². The molecule has 6 heteroatoms. The molecule has 0 aromatic heterocycles. The molecule has 24 heavy (non-hydrogen) atoms. The second-order valence-electron chi connectivity index (χ2n) is 6.99. The van der Waals surface area contributed by atoms with E-state index < -0.39 is 11.6 Å². The minimum Gasteiger partial charge on any atom is -0.378 e. The summed E-state index contributed by atoms with van der Waals surface area (Å²) in [5.74, 6) is -1.43. The zero-order valence-electron chi connectivity index (χ0n) is 16.5. The van der Waals surface area contributed by atoms with Crippen molar-refractivity contribution < 1.29 is 28.4 Å². The third-order valence-electron chi connectivity index (χ3n) is 3.33. The van der Waals surface area contributed by atoms with Gasteiger partial charge in [-0.15, -0.1) is 0 Å². The van der Waals surface area contributed by atoms with Crippen LogP contribution in [0.2, 0.25) is 0 Å². The average Bonchev–Trinajstić information content (AvgIpc) is 2.52. The van der Waals surface area contributed by atoms with E-state index in [2.05, 4.69) is 11.9 Å². The first-order valence-corrected chi connectivity index (χ1v) is 9.10. The molecule has 146 valence electrons. The molecule has 0 aromatic rings. The van der Waals surface area contributed by atoms with Crippen molar-refractivity contribution in [2.24, 2.45) is 5.92 Å². The lowest BCUT2D eigenvalue weighted by molar-refractivity contribution is -0.481. The molecule has 0 rings (SSSR count). The fourth-order valence-electron chi connectivity index (χ4n) is 2.05. The van der Waals surface area contributed by atoms with E-state index in [0.717, 1.165) is 19.3 Å². The van der Waals surface area contributed by atoms with Crippen LogP contribution in [0.5, 0.6) is 0 Å². The summed E-state index contributed by atoms with van der Waals surface area (Å²) in [5.41, 5.74) is -1.53. The number of unbranched alkanes of at least 4 members (excludes halogenated alkanes) is 1. The van der Waals surface area contributed by atoms with Crippen molar-refractivity contribution >= 4 is 0 Å². The van der Waals surface area contributed by atoms with Gasteiger partial charge in [0.05, 0.1) is 25.9 Å². The molecule has 0 heterocycles. The van der Waals surface area contributed by atoms with Gasteiger partial charge in [-0.3, -0.25) is 0 Å². The van der Waals surface area contributed by atoms with Crippen LogP contribution >= 0.6 is 0 Å². The molecule has 0 radical (unpaired) electrons. The van der Waals surface area contributed by atoms with Gasteiger partial charge in [0, 0.05) is 6.61 Å². The summed E-state index contributed by atoms with van der Waals surface area (Å²) in [6, 6.07) is 0. The maximum atomic E-state index is 13.6. The number of halogens is 1. The molecule has 2 unspecified atom stereocenters. The molecule has 0 aliphatic heterocycles. The van der Waals surface area contributed by atoms with E-state index in [1.54, 1.807) is 6.92 Å². The average molecular weight is 352 g/mol. The van der Waals surface area contributed by atoms with Crippen LogP contribution in [0.25, 0.3) is 0 Å². The Kier molecular flexibility index (Phi) is 12.0. The molecular formula is C18H37FO5. The van der Waals surface area contributed by atoms with E-state index in [9.17, 15) is 4.53 Å². The molecule has 0 saturated carbocycles. The second-order valence-corrected chi connectivity index (χ2v) is 6.99. The van der Waals surface area contributed by atoms with Gasteiger partial charge in [0.1, 0.15) is 0 Å². The van der Waals surface area contributed by atoms with Gasteiger partial charge in [-0.1, -0.05) is 34.1 Å². The summed E-state index contributed by atoms with van der Waals surface area (Å²) in [7, 11) is 0. The van der Waals surface area contributed by atoms with E-state index in [4.69, 9.17) is 18.9 Å². The van der Waals surface area contributed by atoms with Crippen molar-refractivity contribution in [3.05, 3.63) is 0 Å². The predicted molar refractivity (Wildman–Crippen MR) is 92.3 cm³/mol. The van der Waals surface area contributed by atoms with Crippen LogP contribution in [0.15, 0.2) is 0 Å². The standard InChI is InChI=1S/C18H37FO5/c1-8-10-12-21-18(23-16(5)6,22-13-15(3)4)17(7,24-19)14-20-11-9-2/h15-16H,8-14H2,1-7H3. The first kappa shape index (κ1) is 23.7. The Balaban J connectivity index is 5.49. The molecule has 0 amide bonds. The minimum atomic E-state index is -1.66. The Labute approximate surface area is 147 Å². The largest absolute Gasteiger partial charge is 0.378 e. The van der Waals surface area contributed by atoms with Gasteiger partial charge < -0.3 is 18.9 Å². The van der Waals surface area contributed by atoms with Crippen LogP contribution < -0.4 is 0 Å². The van der Waals surface area contributed by atoms with Crippen molar-refractivity contribution in [2.45, 2.75) is 85.4 Å². The SMILES string of the molecule is CCCCOC(OCC(C)C)(OC(C)C)C(C)(COCCC)OF. The molecule has 0 N–H and O–H groups in total. The maximum Gasteiger partial charge on any atom is 0.319 e. The molecule has 0 aromatic carbocycles. The summed E-state index contributed by atoms with van der Waals surface area (Å²) in [4.78, 5) is 4.31. The van der Waals surface area contributed by atoms with Gasteiger partial charge >= 0.3 is 5.97 Å². The second kappa shape index (κ2) is 12.1. The zero-order valence-corrected chi connectivity index (χ0v) is 16.5. The van der Waals surface area contributed by atoms with Crippen LogP contribution in [0.3, 0.4) is 0 Å². The lowest BCUT2D eigenvalue weighted by Gasteiger charge is -2.44. The van der Waals surface area contributed by atoms with Gasteiger partial charge in [-0.25, -0.2) is 0 Å². The van der Waals surface area contributed by atoms with Crippen molar-refractivity contribution in [3.8, 4) is 0 Å². The van der Waals surface area contributed by atoms with Gasteiger partial charge in [-0.2, -0.15) is 4.94 Å². The van der Waals surface area contributed by atoms with E-state index in [1.807, 2.05) is 34.6 Å². The highest BCUT2D eigenvalue weighted by Gasteiger charge is 2.56. The van der Waals surface area contributed by atoms with Crippen LogP contribution in [-0.4, -0.2) is 44.1 Å². The molecular weight excluding hydrogens is 315 g/mol. The van der Waals surface area contributed by atoms with Gasteiger partial charge in [-0.05, 0) is 44.1 Å². The van der Waals surface area contributed by atoms with Crippen molar-refractivity contribution in [3.63, 3.8) is 0 Å². The lowest BCUT2D eigenvalue weighted by Crippen LogP contribution is -2.62. The zero-order chi connectivity index (χ0) is 18.6. The Morgan fingerprint density at radius 3 is 2.08 bits per heavy atom. The van der Waals surface area contributed by atoms with Crippen molar-refractivity contribution in [2.75, 3.05) is 26.4 Å². The summed E-state index contributed by atoms with van der Waals surface area (Å²) in [5, 5.41) is 0. The topological polar surface area (TPSA) is 46.2 Å². The molecule has 0 fully saturated rings. The molecule has 2 atom stereocenters. The monoisotopic (exact) mass is 352 g/mol. The van der Waals surface area contributed by atoms with Gasteiger partial charge in [0.15, 0.2) is 0 Å². The highest BCUT2D eigenvalue weighted by molar-refractivity contribution is 4.87. The first-order valence-electron chi connectivity index (χ1n) is 9.10. The molecule has 0 aliphatic carbocycles. The maximum absolute atomic E-state index is 13.6. The highest BCUT2D eigenvalue weighted by atomic mass is 19.3. The van der Waals surface area contributed by atoms with Crippen LogP contribution in [0.4, 0.5) is 4.53 Å². The number of rotatable bonds is 15. The predicted octanol–water partition coefficient (Wildman–Crippen LogP) is 4.64. The van der Waals surface area contributed by atoms with E-state index in [0.29, 0.717) is 19.8 Å². The Morgan fingerprint density at radius 2 is 1.62 bits per heavy atom. The lowest BCUT2D eigenvalue weighted by atomic mass is 10.0. The van der Waals surface area contributed by atoms with Crippen molar-refractivity contribution in [1.29, 1.82) is 0 Å². The Bertz CT molecular complexity index is 314. The summed E-state index contributed by atoms with van der Waals surface area (Å²) < 4.78 is 37.0. The summed E-state index contributed by atoms with van der Waals surface area (Å²) in [6.07, 6.45) is 2.34. The quantitative estimate of drug-likeness (QED) is 0.317. The normalized spacial score (nSPS) is 17.2. The fraction of sp³-hybridized carbons (Fsp3) is 1.00. The fourth-order valence-corrected chi connectivity index (χ4v) is 2.05. The van der Waals surface area contributed by atoms with Crippen molar-refractivity contribution in [1.82, 2.24) is 0 Å².